The molecule has 0 saturated carbocycles. The molecule has 6 nitrogen and oxygen atoms in total. The fourth-order valence-corrected chi connectivity index (χ4v) is 2.14. The maximum Gasteiger partial charge on any atom is 0.407 e. The van der Waals surface area contributed by atoms with Crippen LogP contribution in [0.3, 0.4) is 0 Å². The van der Waals surface area contributed by atoms with Gasteiger partial charge in [-0.2, -0.15) is 5.10 Å². The first-order chi connectivity index (χ1) is 10.9. The Balaban J connectivity index is 1.99. The average molecular weight is 316 g/mol. The lowest BCUT2D eigenvalue weighted by molar-refractivity contribution is 0.0524. The van der Waals surface area contributed by atoms with Gasteiger partial charge in [0.15, 0.2) is 0 Å². The Bertz CT molecular complexity index is 632. The van der Waals surface area contributed by atoms with E-state index < -0.39 is 11.7 Å². The number of benzene rings is 1. The van der Waals surface area contributed by atoms with Gasteiger partial charge < -0.3 is 15.8 Å². The number of rotatable bonds is 5. The summed E-state index contributed by atoms with van der Waals surface area (Å²) in [6.45, 7) is 6.27. The standard InChI is InChI=1S/C17H24N4O2/c1-17(2,3)23-16(22)19-11-13(10-18)15-9-14(20-21-15)12-7-5-4-6-8-12/h4-9,13H,10-11,18H2,1-3H3,(H,19,22)(H,20,21). The lowest BCUT2D eigenvalue weighted by Crippen LogP contribution is -2.36. The number of hydrogen-bond acceptors (Lipinski definition) is 4. The molecule has 0 spiro atoms. The molecule has 0 aliphatic rings. The number of aromatic amines is 1. The number of aromatic nitrogens is 2. The Hall–Kier alpha value is -2.34. The second-order valence-corrected chi connectivity index (χ2v) is 6.39. The number of nitrogens with one attached hydrogen (secondary N) is 2. The zero-order chi connectivity index (χ0) is 16.9. The van der Waals surface area contributed by atoms with E-state index in [4.69, 9.17) is 10.5 Å². The molecule has 1 unspecified atom stereocenters. The molecule has 0 fully saturated rings. The van der Waals surface area contributed by atoms with E-state index >= 15 is 0 Å². The van der Waals surface area contributed by atoms with Crippen LogP contribution in [0.25, 0.3) is 11.3 Å². The van der Waals surface area contributed by atoms with Crippen molar-refractivity contribution in [2.24, 2.45) is 5.73 Å². The molecule has 4 N–H and O–H groups in total. The largest absolute Gasteiger partial charge is 0.444 e. The highest BCUT2D eigenvalue weighted by molar-refractivity contribution is 5.67. The number of H-pyrrole nitrogens is 1. The SMILES string of the molecule is CC(C)(C)OC(=O)NCC(CN)c1cc(-c2ccccc2)n[nH]1. The zero-order valence-corrected chi connectivity index (χ0v) is 13.8. The number of hydrogen-bond donors (Lipinski definition) is 3. The van der Waals surface area contributed by atoms with Crippen molar-refractivity contribution >= 4 is 6.09 Å². The molecule has 0 aliphatic heterocycles. The smallest absolute Gasteiger partial charge is 0.407 e. The van der Waals surface area contributed by atoms with Gasteiger partial charge in [-0.3, -0.25) is 5.10 Å². The lowest BCUT2D eigenvalue weighted by Gasteiger charge is -2.21. The fourth-order valence-electron chi connectivity index (χ4n) is 2.14. The van der Waals surface area contributed by atoms with Gasteiger partial charge in [0.05, 0.1) is 5.69 Å². The molecule has 1 amide bonds. The number of nitrogens with zero attached hydrogens (tertiary/aromatic N) is 1. The van der Waals surface area contributed by atoms with Crippen LogP contribution in [-0.4, -0.2) is 35.0 Å². The Labute approximate surface area is 136 Å². The number of carbonyl (C=O) groups excluding carboxylic acids is 1. The average Bonchev–Trinajstić information content (AvgIpc) is 2.97. The number of alkyl carbamates (subject to hydrolysis) is 1. The minimum atomic E-state index is -0.517. The van der Waals surface area contributed by atoms with E-state index in [0.29, 0.717) is 13.1 Å². The third kappa shape index (κ3) is 5.10. The zero-order valence-electron chi connectivity index (χ0n) is 13.8. The summed E-state index contributed by atoms with van der Waals surface area (Å²) in [5.41, 5.74) is 8.09. The van der Waals surface area contributed by atoms with Crippen LogP contribution >= 0.6 is 0 Å². The fraction of sp³-hybridized carbons (Fsp3) is 0.412. The van der Waals surface area contributed by atoms with E-state index in [1.807, 2.05) is 57.2 Å². The molecular formula is C17H24N4O2. The van der Waals surface area contributed by atoms with Gasteiger partial charge in [-0.25, -0.2) is 4.79 Å². The molecule has 23 heavy (non-hydrogen) atoms. The highest BCUT2D eigenvalue weighted by Gasteiger charge is 2.19. The Morgan fingerprint density at radius 1 is 1.35 bits per heavy atom. The molecule has 0 saturated heterocycles. The van der Waals surface area contributed by atoms with E-state index in [2.05, 4.69) is 15.5 Å². The topological polar surface area (TPSA) is 93.0 Å². The van der Waals surface area contributed by atoms with Gasteiger partial charge >= 0.3 is 6.09 Å². The molecule has 0 bridgehead atoms. The summed E-state index contributed by atoms with van der Waals surface area (Å²) in [5.74, 6) is -0.0486. The third-order valence-electron chi connectivity index (χ3n) is 3.28. The summed E-state index contributed by atoms with van der Waals surface area (Å²) in [6, 6.07) is 11.9. The molecule has 1 aromatic carbocycles. The van der Waals surface area contributed by atoms with Crippen molar-refractivity contribution in [3.63, 3.8) is 0 Å². The highest BCUT2D eigenvalue weighted by Crippen LogP contribution is 2.20. The maximum atomic E-state index is 11.7. The highest BCUT2D eigenvalue weighted by atomic mass is 16.6. The molecule has 2 aromatic rings. The van der Waals surface area contributed by atoms with E-state index in [0.717, 1.165) is 17.0 Å². The van der Waals surface area contributed by atoms with Crippen LogP contribution in [0.5, 0.6) is 0 Å². The van der Waals surface area contributed by atoms with Gasteiger partial charge in [0.25, 0.3) is 0 Å². The van der Waals surface area contributed by atoms with Crippen LogP contribution in [0, 0.1) is 0 Å². The Morgan fingerprint density at radius 2 is 2.04 bits per heavy atom. The molecule has 1 atom stereocenters. The van der Waals surface area contributed by atoms with Crippen LogP contribution in [0.15, 0.2) is 36.4 Å². The first-order valence-corrected chi connectivity index (χ1v) is 7.66. The second-order valence-electron chi connectivity index (χ2n) is 6.39. The third-order valence-corrected chi connectivity index (χ3v) is 3.28. The Morgan fingerprint density at radius 3 is 2.65 bits per heavy atom. The van der Waals surface area contributed by atoms with Gasteiger partial charge in [-0.15, -0.1) is 0 Å². The molecular weight excluding hydrogens is 292 g/mol. The Kier molecular flexibility index (Phi) is 5.39. The van der Waals surface area contributed by atoms with Crippen molar-refractivity contribution in [1.82, 2.24) is 15.5 Å². The summed E-state index contributed by atoms with van der Waals surface area (Å²) in [4.78, 5) is 11.7. The first-order valence-electron chi connectivity index (χ1n) is 7.66. The normalized spacial score (nSPS) is 12.7. The monoisotopic (exact) mass is 316 g/mol. The number of ether oxygens (including phenoxy) is 1. The van der Waals surface area contributed by atoms with Crippen LogP contribution in [0.2, 0.25) is 0 Å². The minimum absolute atomic E-state index is 0.0486. The molecule has 2 rings (SSSR count). The molecule has 6 heteroatoms. The first kappa shape index (κ1) is 17.0. The van der Waals surface area contributed by atoms with Gasteiger partial charge in [-0.1, -0.05) is 30.3 Å². The summed E-state index contributed by atoms with van der Waals surface area (Å²) >= 11 is 0. The van der Waals surface area contributed by atoms with Crippen molar-refractivity contribution in [3.8, 4) is 11.3 Å². The second kappa shape index (κ2) is 7.28. The van der Waals surface area contributed by atoms with E-state index in [9.17, 15) is 4.79 Å². The molecule has 0 aliphatic carbocycles. The summed E-state index contributed by atoms with van der Waals surface area (Å²) in [5, 5.41) is 10.1. The summed E-state index contributed by atoms with van der Waals surface area (Å²) in [6.07, 6.45) is -0.446. The van der Waals surface area contributed by atoms with Gasteiger partial charge in [0.1, 0.15) is 5.60 Å². The van der Waals surface area contributed by atoms with E-state index in [-0.39, 0.29) is 5.92 Å². The molecule has 1 heterocycles. The van der Waals surface area contributed by atoms with Crippen LogP contribution in [-0.2, 0) is 4.74 Å². The summed E-state index contributed by atoms with van der Waals surface area (Å²) in [7, 11) is 0. The van der Waals surface area contributed by atoms with Crippen molar-refractivity contribution < 1.29 is 9.53 Å². The van der Waals surface area contributed by atoms with Crippen molar-refractivity contribution in [2.75, 3.05) is 13.1 Å². The maximum absolute atomic E-state index is 11.7. The van der Waals surface area contributed by atoms with Gasteiger partial charge in [-0.05, 0) is 26.8 Å². The van der Waals surface area contributed by atoms with E-state index in [1.54, 1.807) is 0 Å². The van der Waals surface area contributed by atoms with Crippen molar-refractivity contribution in [2.45, 2.75) is 32.3 Å². The van der Waals surface area contributed by atoms with Gasteiger partial charge in [0, 0.05) is 30.3 Å². The van der Waals surface area contributed by atoms with Crippen LogP contribution in [0.4, 0.5) is 4.79 Å². The predicted octanol–water partition coefficient (Wildman–Crippen LogP) is 2.64. The van der Waals surface area contributed by atoms with Gasteiger partial charge in [0.2, 0.25) is 0 Å². The van der Waals surface area contributed by atoms with Crippen LogP contribution < -0.4 is 11.1 Å². The van der Waals surface area contributed by atoms with Crippen molar-refractivity contribution in [3.05, 3.63) is 42.1 Å². The number of nitrogens with two attached hydrogens (primary N) is 1. The number of amides is 1. The van der Waals surface area contributed by atoms with E-state index in [1.165, 1.54) is 0 Å². The molecule has 124 valence electrons. The molecule has 0 radical (unpaired) electrons. The quantitative estimate of drug-likeness (QED) is 0.790. The lowest BCUT2D eigenvalue weighted by atomic mass is 10.0. The minimum Gasteiger partial charge on any atom is -0.444 e. The molecule has 1 aromatic heterocycles. The van der Waals surface area contributed by atoms with Crippen molar-refractivity contribution in [1.29, 1.82) is 0 Å². The predicted molar refractivity (Wildman–Crippen MR) is 90.1 cm³/mol. The number of carbonyl (C=O) groups is 1. The summed E-state index contributed by atoms with van der Waals surface area (Å²) < 4.78 is 5.23. The van der Waals surface area contributed by atoms with Crippen LogP contribution in [0.1, 0.15) is 32.4 Å².